The Bertz CT molecular complexity index is 278. The van der Waals surface area contributed by atoms with Crippen LogP contribution in [0.1, 0.15) is 18.3 Å². The first kappa shape index (κ1) is 9.89. The molecule has 0 aromatic heterocycles. The van der Waals surface area contributed by atoms with Gasteiger partial charge in [-0.25, -0.2) is 0 Å². The first-order chi connectivity index (χ1) is 6.90. The topological polar surface area (TPSA) is 18.5 Å². The van der Waals surface area contributed by atoms with E-state index in [2.05, 4.69) is 30.8 Å². The summed E-state index contributed by atoms with van der Waals surface area (Å²) in [5.74, 6) is 0. The molecule has 1 aliphatic rings. The Hall–Kier alpha value is -0.643. The van der Waals surface area contributed by atoms with Crippen LogP contribution in [0, 0.1) is 0 Å². The second-order valence-electron chi connectivity index (χ2n) is 3.52. The summed E-state index contributed by atoms with van der Waals surface area (Å²) in [6.07, 6.45) is 0.882. The van der Waals surface area contributed by atoms with Crippen LogP contribution in [-0.4, -0.2) is 22.7 Å². The van der Waals surface area contributed by atoms with Crippen LogP contribution in [0.25, 0.3) is 0 Å². The molecule has 0 N–H and O–H groups in total. The molecule has 1 saturated heterocycles. The van der Waals surface area contributed by atoms with Gasteiger partial charge in [-0.05, 0) is 6.42 Å². The van der Waals surface area contributed by atoms with Gasteiger partial charge in [0.1, 0.15) is 0 Å². The molecule has 0 aliphatic carbocycles. The second kappa shape index (κ2) is 4.73. The van der Waals surface area contributed by atoms with Crippen LogP contribution in [0.3, 0.4) is 0 Å². The summed E-state index contributed by atoms with van der Waals surface area (Å²) in [6.45, 7) is 3.92. The van der Waals surface area contributed by atoms with E-state index in [4.69, 9.17) is 9.47 Å². The molecule has 1 aromatic rings. The number of hydrogen-bond acceptors (Lipinski definition) is 2. The van der Waals surface area contributed by atoms with E-state index in [1.807, 2.05) is 0 Å². The van der Waals surface area contributed by atoms with Crippen molar-refractivity contribution in [3.8, 4) is 0 Å². The molecule has 0 radical (unpaired) electrons. The molecule has 0 spiro atoms. The largest absolute Gasteiger partial charge is 0.348 e. The number of hydrogen-bond donors (Lipinski definition) is 0. The number of benzene rings is 1. The van der Waals surface area contributed by atoms with Crippen LogP contribution < -0.4 is 5.19 Å². The van der Waals surface area contributed by atoms with Gasteiger partial charge in [0.25, 0.3) is 0 Å². The molecule has 0 amide bonds. The van der Waals surface area contributed by atoms with Gasteiger partial charge in [-0.1, -0.05) is 36.0 Å². The zero-order chi connectivity index (χ0) is 9.80. The number of rotatable bonds is 2. The third-order valence-electron chi connectivity index (χ3n) is 2.49. The first-order valence-corrected chi connectivity index (χ1v) is 7.34. The van der Waals surface area contributed by atoms with E-state index in [1.54, 1.807) is 0 Å². The molecule has 0 saturated carbocycles. The molecule has 2 rings (SSSR count). The fraction of sp³-hybridized carbons (Fsp3) is 0.455. The molecule has 0 unspecified atom stereocenters. The molecule has 1 heterocycles. The summed E-state index contributed by atoms with van der Waals surface area (Å²) in [6, 6.07) is 8.65. The molecule has 76 valence electrons. The average molecular weight is 208 g/mol. The Morgan fingerprint density at radius 2 is 1.79 bits per heavy atom. The molecule has 1 aromatic carbocycles. The van der Waals surface area contributed by atoms with E-state index in [-0.39, 0.29) is 15.8 Å². The molecule has 0 bridgehead atoms. The number of ether oxygens (including phenoxy) is 2. The molecule has 2 nitrogen and oxygen atoms in total. The fourth-order valence-electron chi connectivity index (χ4n) is 1.59. The molecular weight excluding hydrogens is 192 g/mol. The first-order valence-electron chi connectivity index (χ1n) is 5.22. The predicted molar refractivity (Wildman–Crippen MR) is 59.7 cm³/mol. The van der Waals surface area contributed by atoms with Gasteiger partial charge in [0.2, 0.25) is 0 Å². The summed E-state index contributed by atoms with van der Waals surface area (Å²) < 4.78 is 11.1. The zero-order valence-electron chi connectivity index (χ0n) is 8.53. The van der Waals surface area contributed by atoms with Crippen molar-refractivity contribution >= 4 is 14.7 Å². The van der Waals surface area contributed by atoms with Crippen molar-refractivity contribution in [3.05, 3.63) is 29.8 Å². The minimum Gasteiger partial charge on any atom is -0.348 e. The summed E-state index contributed by atoms with van der Waals surface area (Å²) in [5.41, 5.74) is 1.15. The summed E-state index contributed by atoms with van der Waals surface area (Å²) in [4.78, 5) is 0. The minimum absolute atomic E-state index is 0.0347. The lowest BCUT2D eigenvalue weighted by molar-refractivity contribution is -0.183. The van der Waals surface area contributed by atoms with Gasteiger partial charge in [-0.2, -0.15) is 0 Å². The van der Waals surface area contributed by atoms with Gasteiger partial charge in [-0.3, -0.25) is 0 Å². The van der Waals surface area contributed by atoms with Crippen LogP contribution in [0.5, 0.6) is 0 Å². The van der Waals surface area contributed by atoms with Crippen molar-refractivity contribution in [2.24, 2.45) is 0 Å². The molecule has 14 heavy (non-hydrogen) atoms. The summed E-state index contributed by atoms with van der Waals surface area (Å²) in [7, 11) is -0.0347. The molecule has 1 fully saturated rings. The van der Waals surface area contributed by atoms with Crippen LogP contribution in [0.15, 0.2) is 24.3 Å². The zero-order valence-corrected chi connectivity index (χ0v) is 9.95. The van der Waals surface area contributed by atoms with Crippen molar-refractivity contribution in [1.82, 2.24) is 0 Å². The van der Waals surface area contributed by atoms with E-state index in [0.29, 0.717) is 0 Å². The van der Waals surface area contributed by atoms with Crippen LogP contribution >= 0.6 is 0 Å². The highest BCUT2D eigenvalue weighted by Crippen LogP contribution is 2.21. The highest BCUT2D eigenvalue weighted by atomic mass is 28.2. The van der Waals surface area contributed by atoms with Gasteiger partial charge >= 0.3 is 0 Å². The van der Waals surface area contributed by atoms with Crippen molar-refractivity contribution in [3.63, 3.8) is 0 Å². The second-order valence-corrected chi connectivity index (χ2v) is 5.05. The van der Waals surface area contributed by atoms with Crippen molar-refractivity contribution in [1.29, 1.82) is 0 Å². The maximum Gasteiger partial charge on any atom is 0.183 e. The Labute approximate surface area is 87.1 Å². The summed E-state index contributed by atoms with van der Waals surface area (Å²) >= 11 is 0. The van der Waals surface area contributed by atoms with Crippen LogP contribution in [0.4, 0.5) is 0 Å². The lowest BCUT2D eigenvalue weighted by Crippen LogP contribution is -2.18. The Kier molecular flexibility index (Phi) is 3.34. The van der Waals surface area contributed by atoms with Crippen molar-refractivity contribution in [2.75, 3.05) is 13.2 Å². The van der Waals surface area contributed by atoms with E-state index < -0.39 is 0 Å². The van der Waals surface area contributed by atoms with Gasteiger partial charge in [-0.15, -0.1) is 0 Å². The lowest BCUT2D eigenvalue weighted by atomic mass is 10.2. The summed E-state index contributed by atoms with van der Waals surface area (Å²) in [5, 5.41) is 1.49. The van der Waals surface area contributed by atoms with E-state index >= 15 is 0 Å². The molecule has 0 atom stereocenters. The van der Waals surface area contributed by atoms with Crippen molar-refractivity contribution in [2.45, 2.75) is 19.3 Å². The van der Waals surface area contributed by atoms with E-state index in [0.717, 1.165) is 25.2 Å². The van der Waals surface area contributed by atoms with Crippen LogP contribution in [-0.2, 0) is 9.47 Å². The Balaban J connectivity index is 2.07. The maximum absolute atomic E-state index is 5.53. The quantitative estimate of drug-likeness (QED) is 0.674. The molecular formula is C11H16O2Si. The normalized spacial score (nSPS) is 19.2. The van der Waals surface area contributed by atoms with Gasteiger partial charge < -0.3 is 9.47 Å². The molecule has 1 aliphatic heterocycles. The highest BCUT2D eigenvalue weighted by molar-refractivity contribution is 6.51. The predicted octanol–water partition coefficient (Wildman–Crippen LogP) is 0.964. The smallest absolute Gasteiger partial charge is 0.183 e. The van der Waals surface area contributed by atoms with Gasteiger partial charge in [0.15, 0.2) is 6.29 Å². The Morgan fingerprint density at radius 1 is 1.14 bits per heavy atom. The van der Waals surface area contributed by atoms with Gasteiger partial charge in [0, 0.05) is 5.56 Å². The standard InChI is InChI=1S/C11H16O2Si/c1-14-10-5-3-9(4-6-10)11-12-7-2-8-13-11/h3-6,11H,2,7-8,14H2,1H3. The SMILES string of the molecule is C[SiH2]c1ccc(C2OCCCO2)cc1. The third-order valence-corrected chi connectivity index (χ3v) is 3.78. The maximum atomic E-state index is 5.53. The van der Waals surface area contributed by atoms with Gasteiger partial charge in [0.05, 0.1) is 22.7 Å². The van der Waals surface area contributed by atoms with E-state index in [1.165, 1.54) is 5.19 Å². The minimum atomic E-state index is -0.128. The monoisotopic (exact) mass is 208 g/mol. The van der Waals surface area contributed by atoms with E-state index in [9.17, 15) is 0 Å². The third kappa shape index (κ3) is 2.23. The van der Waals surface area contributed by atoms with Crippen LogP contribution in [0.2, 0.25) is 6.55 Å². The molecule has 3 heteroatoms. The Morgan fingerprint density at radius 3 is 2.36 bits per heavy atom. The average Bonchev–Trinajstić information content (AvgIpc) is 2.30. The van der Waals surface area contributed by atoms with Crippen molar-refractivity contribution < 1.29 is 9.47 Å². The highest BCUT2D eigenvalue weighted by Gasteiger charge is 2.15. The lowest BCUT2D eigenvalue weighted by Gasteiger charge is -2.23. The fourth-order valence-corrected chi connectivity index (χ4v) is 2.30.